The van der Waals surface area contributed by atoms with E-state index in [0.717, 1.165) is 16.3 Å². The molecule has 0 aliphatic rings. The van der Waals surface area contributed by atoms with Gasteiger partial charge >= 0.3 is 0 Å². The summed E-state index contributed by atoms with van der Waals surface area (Å²) in [6, 6.07) is 8.04. The maximum absolute atomic E-state index is 11.5. The minimum absolute atomic E-state index is 0.300. The molecule has 1 heterocycles. The van der Waals surface area contributed by atoms with Gasteiger partial charge in [-0.3, -0.25) is 10.2 Å². The van der Waals surface area contributed by atoms with Crippen molar-refractivity contribution in [3.63, 3.8) is 0 Å². The number of nitrogen functional groups attached to an aromatic ring is 1. The summed E-state index contributed by atoms with van der Waals surface area (Å²) in [5, 5.41) is 0.821. The van der Waals surface area contributed by atoms with Gasteiger partial charge in [0.2, 0.25) is 0 Å². The third-order valence-electron chi connectivity index (χ3n) is 2.76. The van der Waals surface area contributed by atoms with Crippen LogP contribution in [0.25, 0.3) is 10.6 Å². The number of hydrogen-bond acceptors (Lipinski definition) is 5. The topological polar surface area (TPSA) is 71.2 Å². The van der Waals surface area contributed by atoms with E-state index >= 15 is 0 Å². The molecule has 3 N–H and O–H groups in total. The van der Waals surface area contributed by atoms with E-state index in [4.69, 9.17) is 5.84 Å². The number of benzene rings is 1. The van der Waals surface area contributed by atoms with Crippen LogP contribution >= 0.6 is 11.3 Å². The quantitative estimate of drug-likeness (QED) is 0.509. The van der Waals surface area contributed by atoms with Gasteiger partial charge in [-0.05, 0) is 31.2 Å². The molecule has 1 amide bonds. The third-order valence-corrected chi connectivity index (χ3v) is 3.97. The Hall–Kier alpha value is -1.92. The number of hydrogen-bond donors (Lipinski definition) is 2. The van der Waals surface area contributed by atoms with E-state index in [0.29, 0.717) is 10.6 Å². The van der Waals surface area contributed by atoms with Crippen molar-refractivity contribution in [2.24, 2.45) is 5.84 Å². The van der Waals surface area contributed by atoms with E-state index in [9.17, 15) is 4.79 Å². The second kappa shape index (κ2) is 5.38. The Bertz CT molecular complexity index is 589. The van der Waals surface area contributed by atoms with Gasteiger partial charge in [0.1, 0.15) is 9.88 Å². The fraction of sp³-hybridized carbons (Fsp3) is 0.231. The van der Waals surface area contributed by atoms with Gasteiger partial charge in [0.15, 0.2) is 0 Å². The lowest BCUT2D eigenvalue weighted by Crippen LogP contribution is -2.29. The van der Waals surface area contributed by atoms with Gasteiger partial charge in [-0.1, -0.05) is 0 Å². The van der Waals surface area contributed by atoms with Crippen LogP contribution in [0.2, 0.25) is 0 Å². The number of nitrogens with two attached hydrogens (primary N) is 1. The van der Waals surface area contributed by atoms with E-state index in [1.807, 2.05) is 43.3 Å². The lowest BCUT2D eigenvalue weighted by atomic mass is 10.2. The summed E-state index contributed by atoms with van der Waals surface area (Å²) in [6.07, 6.45) is 0. The molecular weight excluding hydrogens is 260 g/mol. The normalized spacial score (nSPS) is 10.3. The Labute approximate surface area is 116 Å². The van der Waals surface area contributed by atoms with Crippen molar-refractivity contribution >= 4 is 22.9 Å². The highest BCUT2D eigenvalue weighted by Crippen LogP contribution is 2.29. The summed E-state index contributed by atoms with van der Waals surface area (Å²) in [7, 11) is 3.98. The smallest absolute Gasteiger partial charge is 0.277 e. The molecule has 0 aliphatic heterocycles. The van der Waals surface area contributed by atoms with Crippen molar-refractivity contribution in [3.05, 3.63) is 34.8 Å². The number of amides is 1. The number of carbonyl (C=O) groups excluding carboxylic acids is 1. The molecule has 1 aromatic carbocycles. The standard InChI is InChI=1S/C13H16N4OS/c1-8-11(12(18)16-14)19-13(15-8)9-4-6-10(7-5-9)17(2)3/h4-7H,14H2,1-3H3,(H,16,18). The minimum Gasteiger partial charge on any atom is -0.378 e. The third kappa shape index (κ3) is 2.74. The van der Waals surface area contributed by atoms with Gasteiger partial charge < -0.3 is 4.90 Å². The van der Waals surface area contributed by atoms with Crippen molar-refractivity contribution in [2.75, 3.05) is 19.0 Å². The lowest BCUT2D eigenvalue weighted by molar-refractivity contribution is 0.0957. The fourth-order valence-corrected chi connectivity index (χ4v) is 2.67. The molecule has 5 nitrogen and oxygen atoms in total. The average Bonchev–Trinajstić information content (AvgIpc) is 2.80. The first-order valence-electron chi connectivity index (χ1n) is 5.79. The van der Waals surface area contributed by atoms with Crippen molar-refractivity contribution < 1.29 is 4.79 Å². The maximum Gasteiger partial charge on any atom is 0.277 e. The van der Waals surface area contributed by atoms with Crippen LogP contribution < -0.4 is 16.2 Å². The van der Waals surface area contributed by atoms with Crippen LogP contribution in [0, 0.1) is 6.92 Å². The zero-order valence-electron chi connectivity index (χ0n) is 11.1. The molecule has 1 aromatic heterocycles. The fourth-order valence-electron chi connectivity index (χ4n) is 1.70. The first-order valence-corrected chi connectivity index (χ1v) is 6.60. The number of nitrogens with zero attached hydrogens (tertiary/aromatic N) is 2. The number of aromatic nitrogens is 1. The van der Waals surface area contributed by atoms with E-state index in [1.165, 1.54) is 11.3 Å². The predicted octanol–water partition coefficient (Wildman–Crippen LogP) is 1.79. The summed E-state index contributed by atoms with van der Waals surface area (Å²) in [6.45, 7) is 1.80. The Morgan fingerprint density at radius 2 is 1.95 bits per heavy atom. The van der Waals surface area contributed by atoms with Gasteiger partial charge in [0.25, 0.3) is 5.91 Å². The predicted molar refractivity (Wildman–Crippen MR) is 78.3 cm³/mol. The molecule has 0 atom stereocenters. The van der Waals surface area contributed by atoms with Crippen LogP contribution in [0.15, 0.2) is 24.3 Å². The Balaban J connectivity index is 2.34. The molecule has 0 saturated carbocycles. The van der Waals surface area contributed by atoms with Gasteiger partial charge in [0, 0.05) is 25.3 Å². The maximum atomic E-state index is 11.5. The molecule has 0 bridgehead atoms. The van der Waals surface area contributed by atoms with E-state index in [1.54, 1.807) is 6.92 Å². The van der Waals surface area contributed by atoms with E-state index in [-0.39, 0.29) is 5.91 Å². The lowest BCUT2D eigenvalue weighted by Gasteiger charge is -2.11. The number of aryl methyl sites for hydroxylation is 1. The largest absolute Gasteiger partial charge is 0.378 e. The molecule has 0 fully saturated rings. The number of rotatable bonds is 3. The van der Waals surface area contributed by atoms with Crippen molar-refractivity contribution in [3.8, 4) is 10.6 Å². The van der Waals surface area contributed by atoms with Crippen LogP contribution in [0.5, 0.6) is 0 Å². The zero-order valence-corrected chi connectivity index (χ0v) is 11.9. The molecule has 6 heteroatoms. The van der Waals surface area contributed by atoms with Crippen LogP contribution in [0.1, 0.15) is 15.4 Å². The highest BCUT2D eigenvalue weighted by Gasteiger charge is 2.15. The molecule has 0 radical (unpaired) electrons. The van der Waals surface area contributed by atoms with Crippen LogP contribution in [0.3, 0.4) is 0 Å². The summed E-state index contributed by atoms with van der Waals surface area (Å²) in [5.41, 5.74) is 4.95. The first kappa shape index (κ1) is 13.5. The summed E-state index contributed by atoms with van der Waals surface area (Å²) in [4.78, 5) is 18.5. The summed E-state index contributed by atoms with van der Waals surface area (Å²) < 4.78 is 0. The number of thiazole rings is 1. The molecule has 0 spiro atoms. The van der Waals surface area contributed by atoms with Crippen molar-refractivity contribution in [1.29, 1.82) is 0 Å². The van der Waals surface area contributed by atoms with E-state index in [2.05, 4.69) is 10.4 Å². The van der Waals surface area contributed by atoms with Crippen molar-refractivity contribution in [2.45, 2.75) is 6.92 Å². The first-order chi connectivity index (χ1) is 9.02. The van der Waals surface area contributed by atoms with Gasteiger partial charge in [-0.25, -0.2) is 10.8 Å². The Kier molecular flexibility index (Phi) is 3.82. The van der Waals surface area contributed by atoms with Crippen molar-refractivity contribution in [1.82, 2.24) is 10.4 Å². The monoisotopic (exact) mass is 276 g/mol. The Morgan fingerprint density at radius 3 is 2.47 bits per heavy atom. The molecular formula is C13H16N4OS. The van der Waals surface area contributed by atoms with Crippen LogP contribution in [-0.2, 0) is 0 Å². The minimum atomic E-state index is -0.300. The van der Waals surface area contributed by atoms with Gasteiger partial charge in [0.05, 0.1) is 5.69 Å². The molecule has 0 unspecified atom stereocenters. The number of carbonyl (C=O) groups is 1. The highest BCUT2D eigenvalue weighted by molar-refractivity contribution is 7.17. The number of hydrazine groups is 1. The zero-order chi connectivity index (χ0) is 14.0. The number of anilines is 1. The SMILES string of the molecule is Cc1nc(-c2ccc(N(C)C)cc2)sc1C(=O)NN. The molecule has 0 saturated heterocycles. The molecule has 0 aliphatic carbocycles. The molecule has 2 aromatic rings. The highest BCUT2D eigenvalue weighted by atomic mass is 32.1. The van der Waals surface area contributed by atoms with Crippen LogP contribution in [0.4, 0.5) is 5.69 Å². The van der Waals surface area contributed by atoms with E-state index < -0.39 is 0 Å². The summed E-state index contributed by atoms with van der Waals surface area (Å²) in [5.74, 6) is 4.85. The molecule has 19 heavy (non-hydrogen) atoms. The Morgan fingerprint density at radius 1 is 1.32 bits per heavy atom. The second-order valence-corrected chi connectivity index (χ2v) is 5.35. The van der Waals surface area contributed by atoms with Gasteiger partial charge in [-0.15, -0.1) is 11.3 Å². The number of nitrogens with one attached hydrogen (secondary N) is 1. The van der Waals surface area contributed by atoms with Gasteiger partial charge in [-0.2, -0.15) is 0 Å². The summed E-state index contributed by atoms with van der Waals surface area (Å²) >= 11 is 1.34. The average molecular weight is 276 g/mol. The molecule has 100 valence electrons. The second-order valence-electron chi connectivity index (χ2n) is 4.35. The molecule has 2 rings (SSSR count). The van der Waals surface area contributed by atoms with Crippen LogP contribution in [-0.4, -0.2) is 25.0 Å².